The summed E-state index contributed by atoms with van der Waals surface area (Å²) in [4.78, 5) is 34.7. The standard InChI is InChI=1S/C19H26N2O5/c22-16(12-17(23)24)21-15-11-7-10-14(18(15)25)19(26)20-13-8-5-3-1-2-4-6-9-13/h7,10-11,13,25H,1-6,8-9,12H2,(H,20,26)(H,21,22)(H,23,24). The normalized spacial score (nSPS) is 16.0. The van der Waals surface area contributed by atoms with Gasteiger partial charge in [0.2, 0.25) is 5.91 Å². The highest BCUT2D eigenvalue weighted by molar-refractivity contribution is 6.04. The molecule has 0 aliphatic heterocycles. The Labute approximate surface area is 152 Å². The molecule has 7 heteroatoms. The molecule has 0 spiro atoms. The van der Waals surface area contributed by atoms with E-state index in [0.717, 1.165) is 25.7 Å². The summed E-state index contributed by atoms with van der Waals surface area (Å²) < 4.78 is 0. The molecule has 0 saturated heterocycles. The minimum absolute atomic E-state index is 0.0263. The van der Waals surface area contributed by atoms with E-state index in [9.17, 15) is 19.5 Å². The van der Waals surface area contributed by atoms with E-state index in [1.54, 1.807) is 0 Å². The number of aromatic hydroxyl groups is 1. The molecular weight excluding hydrogens is 336 g/mol. The van der Waals surface area contributed by atoms with E-state index in [1.807, 2.05) is 0 Å². The highest BCUT2D eigenvalue weighted by Gasteiger charge is 2.19. The van der Waals surface area contributed by atoms with Crippen LogP contribution in [0.5, 0.6) is 5.75 Å². The molecule has 2 rings (SSSR count). The summed E-state index contributed by atoms with van der Waals surface area (Å²) in [6.45, 7) is 0. The first-order valence-corrected chi connectivity index (χ1v) is 9.12. The fourth-order valence-corrected chi connectivity index (χ4v) is 3.20. The Morgan fingerprint density at radius 3 is 2.23 bits per heavy atom. The SMILES string of the molecule is O=C(O)CC(=O)Nc1cccc(C(=O)NC2CCCCCCCC2)c1O. The van der Waals surface area contributed by atoms with Gasteiger partial charge < -0.3 is 20.8 Å². The summed E-state index contributed by atoms with van der Waals surface area (Å²) >= 11 is 0. The molecule has 0 heterocycles. The Morgan fingerprint density at radius 1 is 1.00 bits per heavy atom. The molecule has 0 bridgehead atoms. The lowest BCUT2D eigenvalue weighted by molar-refractivity contribution is -0.139. The van der Waals surface area contributed by atoms with Crippen LogP contribution in [0, 0.1) is 0 Å². The third-order valence-electron chi connectivity index (χ3n) is 4.56. The van der Waals surface area contributed by atoms with Crippen LogP contribution in [0.25, 0.3) is 0 Å². The maximum Gasteiger partial charge on any atom is 0.312 e. The van der Waals surface area contributed by atoms with Crippen molar-refractivity contribution < 1.29 is 24.6 Å². The molecular formula is C19H26N2O5. The number of amides is 2. The molecule has 4 N–H and O–H groups in total. The number of para-hydroxylation sites is 1. The van der Waals surface area contributed by atoms with Gasteiger partial charge in [-0.05, 0) is 25.0 Å². The van der Waals surface area contributed by atoms with Crippen molar-refractivity contribution in [1.82, 2.24) is 5.32 Å². The number of carboxylic acids is 1. The van der Waals surface area contributed by atoms with Crippen molar-refractivity contribution in [3.63, 3.8) is 0 Å². The lowest BCUT2D eigenvalue weighted by Gasteiger charge is -2.19. The van der Waals surface area contributed by atoms with Crippen LogP contribution in [0.2, 0.25) is 0 Å². The third kappa shape index (κ3) is 6.06. The number of carboxylic acid groups (broad SMARTS) is 1. The Kier molecular flexibility index (Phi) is 7.44. The molecule has 26 heavy (non-hydrogen) atoms. The maximum atomic E-state index is 12.6. The lowest BCUT2D eigenvalue weighted by Crippen LogP contribution is -2.34. The van der Waals surface area contributed by atoms with Gasteiger partial charge in [0.1, 0.15) is 6.42 Å². The Hall–Kier alpha value is -2.57. The number of hydrogen-bond donors (Lipinski definition) is 4. The molecule has 1 aromatic carbocycles. The van der Waals surface area contributed by atoms with Crippen LogP contribution in [0.15, 0.2) is 18.2 Å². The van der Waals surface area contributed by atoms with Crippen LogP contribution in [0.3, 0.4) is 0 Å². The Balaban J connectivity index is 2.04. The van der Waals surface area contributed by atoms with Crippen molar-refractivity contribution in [2.75, 3.05) is 5.32 Å². The van der Waals surface area contributed by atoms with E-state index in [0.29, 0.717) is 0 Å². The summed E-state index contributed by atoms with van der Waals surface area (Å²) in [6.07, 6.45) is 8.08. The number of carbonyl (C=O) groups excluding carboxylic acids is 2. The molecule has 7 nitrogen and oxygen atoms in total. The Bertz CT molecular complexity index is 649. The van der Waals surface area contributed by atoms with E-state index >= 15 is 0 Å². The highest BCUT2D eigenvalue weighted by Crippen LogP contribution is 2.28. The smallest absolute Gasteiger partial charge is 0.312 e. The molecule has 142 valence electrons. The van der Waals surface area contributed by atoms with Crippen molar-refractivity contribution in [2.45, 2.75) is 63.8 Å². The number of carbonyl (C=O) groups is 3. The van der Waals surface area contributed by atoms with Gasteiger partial charge in [-0.1, -0.05) is 44.6 Å². The van der Waals surface area contributed by atoms with Gasteiger partial charge in [-0.3, -0.25) is 14.4 Å². The molecule has 1 aliphatic rings. The van der Waals surface area contributed by atoms with Crippen molar-refractivity contribution in [3.8, 4) is 5.75 Å². The zero-order valence-electron chi connectivity index (χ0n) is 14.8. The molecule has 2 amide bonds. The first-order valence-electron chi connectivity index (χ1n) is 9.12. The van der Waals surface area contributed by atoms with Gasteiger partial charge in [0.25, 0.3) is 5.91 Å². The third-order valence-corrected chi connectivity index (χ3v) is 4.56. The van der Waals surface area contributed by atoms with E-state index in [1.165, 1.54) is 43.9 Å². The second kappa shape index (κ2) is 9.79. The molecule has 1 aromatic rings. The average molecular weight is 362 g/mol. The van der Waals surface area contributed by atoms with Gasteiger partial charge in [-0.15, -0.1) is 0 Å². The van der Waals surface area contributed by atoms with Gasteiger partial charge in [-0.2, -0.15) is 0 Å². The van der Waals surface area contributed by atoms with Gasteiger partial charge >= 0.3 is 5.97 Å². The van der Waals surface area contributed by atoms with Crippen molar-refractivity contribution in [1.29, 1.82) is 0 Å². The van der Waals surface area contributed by atoms with Gasteiger partial charge in [0.15, 0.2) is 5.75 Å². The van der Waals surface area contributed by atoms with E-state index in [4.69, 9.17) is 5.11 Å². The van der Waals surface area contributed by atoms with E-state index < -0.39 is 18.3 Å². The van der Waals surface area contributed by atoms with E-state index in [-0.39, 0.29) is 28.9 Å². The fraction of sp³-hybridized carbons (Fsp3) is 0.526. The summed E-state index contributed by atoms with van der Waals surface area (Å²) in [5.41, 5.74) is 0.0939. The number of phenolic OH excluding ortho intramolecular Hbond substituents is 1. The molecule has 1 aliphatic carbocycles. The molecule has 1 saturated carbocycles. The lowest BCUT2D eigenvalue weighted by atomic mass is 10.0. The van der Waals surface area contributed by atoms with Gasteiger partial charge in [0, 0.05) is 6.04 Å². The van der Waals surface area contributed by atoms with Crippen LogP contribution < -0.4 is 10.6 Å². The predicted octanol–water partition coefficient (Wildman–Crippen LogP) is 3.04. The van der Waals surface area contributed by atoms with Crippen LogP contribution in [0.4, 0.5) is 5.69 Å². The topological polar surface area (TPSA) is 116 Å². The molecule has 0 radical (unpaired) electrons. The highest BCUT2D eigenvalue weighted by atomic mass is 16.4. The number of nitrogens with one attached hydrogen (secondary N) is 2. The second-order valence-electron chi connectivity index (χ2n) is 6.69. The largest absolute Gasteiger partial charge is 0.505 e. The molecule has 0 atom stereocenters. The van der Waals surface area contributed by atoms with E-state index in [2.05, 4.69) is 10.6 Å². The van der Waals surface area contributed by atoms with Crippen molar-refractivity contribution >= 4 is 23.5 Å². The summed E-state index contributed by atoms with van der Waals surface area (Å²) in [5.74, 6) is -2.77. The van der Waals surface area contributed by atoms with Crippen LogP contribution in [-0.2, 0) is 9.59 Å². The average Bonchev–Trinajstić information content (AvgIpc) is 2.70. The zero-order valence-corrected chi connectivity index (χ0v) is 14.8. The number of benzene rings is 1. The quantitative estimate of drug-likeness (QED) is 0.475. The van der Waals surface area contributed by atoms with Crippen molar-refractivity contribution in [2.24, 2.45) is 0 Å². The first kappa shape index (κ1) is 19.8. The van der Waals surface area contributed by atoms with Crippen LogP contribution >= 0.6 is 0 Å². The summed E-state index contributed by atoms with van der Waals surface area (Å²) in [5, 5.41) is 24.2. The number of phenols is 1. The monoisotopic (exact) mass is 362 g/mol. The predicted molar refractivity (Wildman–Crippen MR) is 97.2 cm³/mol. The molecule has 0 aromatic heterocycles. The second-order valence-corrected chi connectivity index (χ2v) is 6.69. The summed E-state index contributed by atoms with van der Waals surface area (Å²) in [6, 6.07) is 4.51. The fourth-order valence-electron chi connectivity index (χ4n) is 3.20. The van der Waals surface area contributed by atoms with Crippen LogP contribution in [-0.4, -0.2) is 34.0 Å². The maximum absolute atomic E-state index is 12.6. The number of aliphatic carboxylic acids is 1. The number of hydrogen-bond acceptors (Lipinski definition) is 4. The van der Waals surface area contributed by atoms with Crippen LogP contribution in [0.1, 0.15) is 68.1 Å². The summed E-state index contributed by atoms with van der Waals surface area (Å²) in [7, 11) is 0. The minimum Gasteiger partial charge on any atom is -0.505 e. The number of anilines is 1. The molecule has 0 unspecified atom stereocenters. The van der Waals surface area contributed by atoms with Crippen molar-refractivity contribution in [3.05, 3.63) is 23.8 Å². The van der Waals surface area contributed by atoms with Gasteiger partial charge in [0.05, 0.1) is 11.3 Å². The Morgan fingerprint density at radius 2 is 1.62 bits per heavy atom. The number of rotatable bonds is 5. The zero-order chi connectivity index (χ0) is 18.9. The first-order chi connectivity index (χ1) is 12.5. The molecule has 1 fully saturated rings. The van der Waals surface area contributed by atoms with Gasteiger partial charge in [-0.25, -0.2) is 0 Å². The minimum atomic E-state index is -1.27.